The molecule has 2 aromatic rings. The van der Waals surface area contributed by atoms with E-state index in [2.05, 4.69) is 35.8 Å². The van der Waals surface area contributed by atoms with Gasteiger partial charge < -0.3 is 5.32 Å². The van der Waals surface area contributed by atoms with Gasteiger partial charge in [0, 0.05) is 11.7 Å². The maximum absolute atomic E-state index is 12.4. The maximum Gasteiger partial charge on any atom is 0.241 e. The molecule has 0 spiro atoms. The van der Waals surface area contributed by atoms with Gasteiger partial charge in [-0.3, -0.25) is 10.1 Å². The first-order valence-electron chi connectivity index (χ1n) is 7.44. The van der Waals surface area contributed by atoms with Crippen LogP contribution in [0, 0.1) is 0 Å². The number of nitrogens with one attached hydrogen (secondary N) is 2. The molecule has 2 N–H and O–H groups in total. The highest BCUT2D eigenvalue weighted by Gasteiger charge is 2.24. The summed E-state index contributed by atoms with van der Waals surface area (Å²) < 4.78 is 0. The van der Waals surface area contributed by atoms with E-state index in [9.17, 15) is 4.79 Å². The summed E-state index contributed by atoms with van der Waals surface area (Å²) in [5.41, 5.74) is 3.36. The highest BCUT2D eigenvalue weighted by Crippen LogP contribution is 2.23. The van der Waals surface area contributed by atoms with E-state index in [1.54, 1.807) is 0 Å². The summed E-state index contributed by atoms with van der Waals surface area (Å²) in [6.45, 7) is 2.10. The highest BCUT2D eigenvalue weighted by molar-refractivity contribution is 5.96. The van der Waals surface area contributed by atoms with Crippen molar-refractivity contribution in [3.8, 4) is 0 Å². The van der Waals surface area contributed by atoms with Crippen LogP contribution in [0.3, 0.4) is 0 Å². The van der Waals surface area contributed by atoms with Gasteiger partial charge >= 0.3 is 0 Å². The number of amides is 1. The van der Waals surface area contributed by atoms with Gasteiger partial charge in [0.15, 0.2) is 0 Å². The average molecular weight is 280 g/mol. The Labute approximate surface area is 125 Å². The van der Waals surface area contributed by atoms with Crippen LogP contribution in [0.4, 0.5) is 5.69 Å². The van der Waals surface area contributed by atoms with Gasteiger partial charge in [-0.2, -0.15) is 0 Å². The predicted molar refractivity (Wildman–Crippen MR) is 85.2 cm³/mol. The number of hydrogen-bond acceptors (Lipinski definition) is 2. The van der Waals surface area contributed by atoms with Crippen LogP contribution in [0.25, 0.3) is 0 Å². The number of benzene rings is 2. The maximum atomic E-state index is 12.4. The number of carbonyl (C=O) groups excluding carboxylic acids is 1. The van der Waals surface area contributed by atoms with E-state index in [1.165, 1.54) is 11.1 Å². The summed E-state index contributed by atoms with van der Waals surface area (Å²) in [4.78, 5) is 12.4. The first-order valence-corrected chi connectivity index (χ1v) is 7.44. The first kappa shape index (κ1) is 13.8. The summed E-state index contributed by atoms with van der Waals surface area (Å²) in [6, 6.07) is 18.2. The molecule has 21 heavy (non-hydrogen) atoms. The number of aryl methyl sites for hydroxylation is 1. The van der Waals surface area contributed by atoms with E-state index in [-0.39, 0.29) is 18.0 Å². The van der Waals surface area contributed by atoms with E-state index in [0.29, 0.717) is 0 Å². The fourth-order valence-electron chi connectivity index (χ4n) is 2.81. The zero-order valence-electron chi connectivity index (χ0n) is 12.2. The molecule has 0 fully saturated rings. The third-order valence-corrected chi connectivity index (χ3v) is 4.04. The summed E-state index contributed by atoms with van der Waals surface area (Å²) in [6.07, 6.45) is 1.73. The number of carbonyl (C=O) groups is 1. The summed E-state index contributed by atoms with van der Waals surface area (Å²) in [5.74, 6) is 0.0581. The quantitative estimate of drug-likeness (QED) is 0.906. The first-order chi connectivity index (χ1) is 10.2. The molecule has 0 saturated carbocycles. The molecule has 0 bridgehead atoms. The number of rotatable bonds is 3. The Hall–Kier alpha value is -2.13. The molecule has 0 aromatic heterocycles. The Morgan fingerprint density at radius 3 is 2.62 bits per heavy atom. The fraction of sp³-hybridized carbons (Fsp3) is 0.278. The van der Waals surface area contributed by atoms with Crippen molar-refractivity contribution in [3.63, 3.8) is 0 Å². The number of hydrogen-bond donors (Lipinski definition) is 2. The molecular formula is C18H20N2O. The highest BCUT2D eigenvalue weighted by atomic mass is 16.2. The molecule has 108 valence electrons. The van der Waals surface area contributed by atoms with E-state index < -0.39 is 0 Å². The van der Waals surface area contributed by atoms with Gasteiger partial charge in [0.05, 0.1) is 6.04 Å². The van der Waals surface area contributed by atoms with Crippen LogP contribution in [0.5, 0.6) is 0 Å². The normalized spacial score (nSPS) is 19.3. The monoisotopic (exact) mass is 280 g/mol. The van der Waals surface area contributed by atoms with Crippen molar-refractivity contribution >= 4 is 11.6 Å². The van der Waals surface area contributed by atoms with Crippen LogP contribution in [0.15, 0.2) is 54.6 Å². The van der Waals surface area contributed by atoms with Crippen molar-refractivity contribution in [3.05, 3.63) is 65.7 Å². The van der Waals surface area contributed by atoms with Gasteiger partial charge in [-0.05, 0) is 37.0 Å². The Bertz CT molecular complexity index is 624. The fourth-order valence-corrected chi connectivity index (χ4v) is 2.81. The smallest absolute Gasteiger partial charge is 0.241 e. The van der Waals surface area contributed by atoms with Crippen molar-refractivity contribution < 1.29 is 4.79 Å². The molecular weight excluding hydrogens is 260 g/mol. The molecule has 1 amide bonds. The zero-order valence-corrected chi connectivity index (χ0v) is 12.2. The Balaban J connectivity index is 1.71. The molecule has 2 aromatic carbocycles. The zero-order chi connectivity index (χ0) is 14.7. The van der Waals surface area contributed by atoms with Gasteiger partial charge in [-0.1, -0.05) is 48.5 Å². The van der Waals surface area contributed by atoms with E-state index in [1.807, 2.05) is 36.4 Å². The number of fused-ring (bicyclic) bond motifs is 1. The van der Waals surface area contributed by atoms with E-state index >= 15 is 0 Å². The Kier molecular flexibility index (Phi) is 4.02. The molecule has 2 atom stereocenters. The largest absolute Gasteiger partial charge is 0.324 e. The van der Waals surface area contributed by atoms with Crippen LogP contribution >= 0.6 is 0 Å². The van der Waals surface area contributed by atoms with Crippen molar-refractivity contribution in [2.45, 2.75) is 31.8 Å². The van der Waals surface area contributed by atoms with Gasteiger partial charge in [0.2, 0.25) is 5.91 Å². The molecule has 0 saturated heterocycles. The second kappa shape index (κ2) is 6.10. The minimum atomic E-state index is -0.160. The predicted octanol–water partition coefficient (Wildman–Crippen LogP) is 3.29. The standard InChI is InChI=1S/C18H20N2O/c1-13(14-7-3-2-4-8-14)19-17-12-11-15-9-5-6-10-16(15)20-18(17)21/h2-10,13,17,19H,11-12H2,1H3,(H,20,21)/t13-,17-/m0/s1. The Morgan fingerprint density at radius 1 is 1.10 bits per heavy atom. The lowest BCUT2D eigenvalue weighted by molar-refractivity contribution is -0.118. The summed E-state index contributed by atoms with van der Waals surface area (Å²) in [7, 11) is 0. The minimum absolute atomic E-state index is 0.0581. The van der Waals surface area contributed by atoms with Gasteiger partial charge in [0.25, 0.3) is 0 Å². The lowest BCUT2D eigenvalue weighted by Crippen LogP contribution is -2.41. The second-order valence-electron chi connectivity index (χ2n) is 5.54. The lowest BCUT2D eigenvalue weighted by atomic mass is 10.0. The molecule has 3 heteroatoms. The molecule has 3 nitrogen and oxygen atoms in total. The molecule has 1 aliphatic rings. The van der Waals surface area contributed by atoms with Crippen molar-refractivity contribution in [2.24, 2.45) is 0 Å². The average Bonchev–Trinajstić information content (AvgIpc) is 2.67. The van der Waals surface area contributed by atoms with E-state index in [0.717, 1.165) is 18.5 Å². The number of para-hydroxylation sites is 1. The van der Waals surface area contributed by atoms with Crippen LogP contribution in [0.2, 0.25) is 0 Å². The third kappa shape index (κ3) is 3.14. The summed E-state index contributed by atoms with van der Waals surface area (Å²) >= 11 is 0. The van der Waals surface area contributed by atoms with Crippen LogP contribution < -0.4 is 10.6 Å². The van der Waals surface area contributed by atoms with Crippen LogP contribution in [-0.2, 0) is 11.2 Å². The van der Waals surface area contributed by atoms with Crippen molar-refractivity contribution in [2.75, 3.05) is 5.32 Å². The third-order valence-electron chi connectivity index (χ3n) is 4.04. The SMILES string of the molecule is C[C@H](N[C@H]1CCc2ccccc2NC1=O)c1ccccc1. The molecule has 0 aliphatic carbocycles. The van der Waals surface area contributed by atoms with Gasteiger partial charge in [-0.25, -0.2) is 0 Å². The molecule has 1 heterocycles. The van der Waals surface area contributed by atoms with E-state index in [4.69, 9.17) is 0 Å². The molecule has 0 unspecified atom stereocenters. The van der Waals surface area contributed by atoms with Crippen molar-refractivity contribution in [1.29, 1.82) is 0 Å². The molecule has 0 radical (unpaired) electrons. The lowest BCUT2D eigenvalue weighted by Gasteiger charge is -2.21. The van der Waals surface area contributed by atoms with Gasteiger partial charge in [-0.15, -0.1) is 0 Å². The summed E-state index contributed by atoms with van der Waals surface area (Å²) in [5, 5.41) is 6.48. The number of anilines is 1. The second-order valence-corrected chi connectivity index (χ2v) is 5.54. The molecule has 3 rings (SSSR count). The molecule has 1 aliphatic heterocycles. The van der Waals surface area contributed by atoms with Gasteiger partial charge in [0.1, 0.15) is 0 Å². The Morgan fingerprint density at radius 2 is 1.81 bits per heavy atom. The van der Waals surface area contributed by atoms with Crippen molar-refractivity contribution in [1.82, 2.24) is 5.32 Å². The van der Waals surface area contributed by atoms with Crippen LogP contribution in [0.1, 0.15) is 30.5 Å². The minimum Gasteiger partial charge on any atom is -0.324 e. The topological polar surface area (TPSA) is 41.1 Å². The van der Waals surface area contributed by atoms with Crippen LogP contribution in [-0.4, -0.2) is 11.9 Å².